The quantitative estimate of drug-likeness (QED) is 0.165. The largest absolute Gasteiger partial charge is 0.311 e. The third kappa shape index (κ3) is 5.20. The molecule has 0 aliphatic heterocycles. The van der Waals surface area contributed by atoms with E-state index in [9.17, 15) is 0 Å². The summed E-state index contributed by atoms with van der Waals surface area (Å²) < 4.78 is 2.57. The average molecular weight is 799 g/mol. The highest BCUT2D eigenvalue weighted by Gasteiger charge is 2.53. The molecule has 3 heteroatoms. The van der Waals surface area contributed by atoms with Gasteiger partial charge in [0.05, 0.1) is 15.8 Å². The Morgan fingerprint density at radius 2 is 0.820 bits per heavy atom. The molecule has 2 aliphatic rings. The first-order valence-electron chi connectivity index (χ1n) is 21.2. The molecule has 2 aliphatic carbocycles. The number of thiophene rings is 1. The van der Waals surface area contributed by atoms with E-state index in [1.165, 1.54) is 70.4 Å². The van der Waals surface area contributed by atoms with E-state index in [1.54, 1.807) is 0 Å². The van der Waals surface area contributed by atoms with Crippen LogP contribution in [0.4, 0.5) is 34.1 Å². The summed E-state index contributed by atoms with van der Waals surface area (Å²) in [6.07, 6.45) is 0. The predicted octanol–water partition coefficient (Wildman–Crippen LogP) is 16.0. The van der Waals surface area contributed by atoms with Crippen LogP contribution < -0.4 is 9.80 Å². The van der Waals surface area contributed by atoms with Gasteiger partial charge in [-0.05, 0) is 117 Å². The number of para-hydroxylation sites is 2. The Bertz CT molecular complexity index is 3200. The SMILES string of the molecule is CC1(C)c2ccccc2C2(c3ccccc3-c3cc(N(c4ccc(N(c5ccccc5)c5ccccc5)cc4)c4cccc5c4sc4ccccc45)ccc32)c2ccccc21. The maximum Gasteiger partial charge on any atom is 0.0719 e. The maximum absolute atomic E-state index is 2.48. The van der Waals surface area contributed by atoms with Crippen molar-refractivity contribution in [2.45, 2.75) is 24.7 Å². The summed E-state index contributed by atoms with van der Waals surface area (Å²) in [5.41, 5.74) is 16.9. The number of rotatable bonds is 6. The van der Waals surface area contributed by atoms with Gasteiger partial charge in [-0.2, -0.15) is 0 Å². The lowest BCUT2D eigenvalue weighted by Crippen LogP contribution is -2.40. The van der Waals surface area contributed by atoms with Gasteiger partial charge in [-0.25, -0.2) is 0 Å². The molecular weight excluding hydrogens is 757 g/mol. The van der Waals surface area contributed by atoms with Gasteiger partial charge in [-0.15, -0.1) is 11.3 Å². The third-order valence-electron chi connectivity index (χ3n) is 13.3. The minimum Gasteiger partial charge on any atom is -0.311 e. The van der Waals surface area contributed by atoms with E-state index in [2.05, 4.69) is 242 Å². The van der Waals surface area contributed by atoms with Crippen molar-refractivity contribution in [3.05, 3.63) is 252 Å². The van der Waals surface area contributed by atoms with E-state index < -0.39 is 5.41 Å². The molecular formula is C58H42N2S. The molecule has 1 spiro atoms. The van der Waals surface area contributed by atoms with Crippen LogP contribution in [0.25, 0.3) is 31.3 Å². The van der Waals surface area contributed by atoms with Crippen molar-refractivity contribution in [3.8, 4) is 11.1 Å². The van der Waals surface area contributed by atoms with Crippen LogP contribution in [0.15, 0.2) is 218 Å². The molecule has 9 aromatic carbocycles. The van der Waals surface area contributed by atoms with E-state index in [0.29, 0.717) is 0 Å². The summed E-state index contributed by atoms with van der Waals surface area (Å²) in [5.74, 6) is 0. The molecule has 290 valence electrons. The van der Waals surface area contributed by atoms with E-state index in [1.807, 2.05) is 11.3 Å². The Morgan fingerprint density at radius 3 is 1.48 bits per heavy atom. The molecule has 0 saturated heterocycles. The second-order valence-electron chi connectivity index (χ2n) is 16.9. The zero-order valence-electron chi connectivity index (χ0n) is 34.1. The van der Waals surface area contributed by atoms with Crippen LogP contribution in [0, 0.1) is 0 Å². The summed E-state index contributed by atoms with van der Waals surface area (Å²) in [4.78, 5) is 4.81. The van der Waals surface area contributed by atoms with Gasteiger partial charge >= 0.3 is 0 Å². The smallest absolute Gasteiger partial charge is 0.0719 e. The van der Waals surface area contributed by atoms with Crippen LogP contribution in [0.2, 0.25) is 0 Å². The summed E-state index contributed by atoms with van der Waals surface area (Å²) in [6, 6.07) is 80.8. The first kappa shape index (κ1) is 35.7. The maximum atomic E-state index is 2.48. The fourth-order valence-electron chi connectivity index (χ4n) is 10.7. The molecule has 0 bridgehead atoms. The summed E-state index contributed by atoms with van der Waals surface area (Å²) in [7, 11) is 0. The molecule has 61 heavy (non-hydrogen) atoms. The lowest BCUT2D eigenvalue weighted by molar-refractivity contribution is 0.563. The van der Waals surface area contributed by atoms with Crippen LogP contribution in [0.1, 0.15) is 47.2 Å². The lowest BCUT2D eigenvalue weighted by Gasteiger charge is -2.46. The minimum absolute atomic E-state index is 0.140. The zero-order valence-corrected chi connectivity index (χ0v) is 34.9. The van der Waals surface area contributed by atoms with Crippen LogP contribution in [-0.4, -0.2) is 0 Å². The number of anilines is 6. The van der Waals surface area contributed by atoms with Gasteiger partial charge in [-0.3, -0.25) is 0 Å². The van der Waals surface area contributed by atoms with Gasteiger partial charge in [0.2, 0.25) is 0 Å². The fraction of sp³-hybridized carbons (Fsp3) is 0.0690. The van der Waals surface area contributed by atoms with E-state index >= 15 is 0 Å². The molecule has 0 N–H and O–H groups in total. The number of hydrogen-bond donors (Lipinski definition) is 0. The topological polar surface area (TPSA) is 6.48 Å². The van der Waals surface area contributed by atoms with Gasteiger partial charge in [0.15, 0.2) is 0 Å². The van der Waals surface area contributed by atoms with Crippen molar-refractivity contribution in [2.75, 3.05) is 9.80 Å². The Hall–Kier alpha value is -7.20. The summed E-state index contributed by atoms with van der Waals surface area (Å²) >= 11 is 1.87. The second kappa shape index (κ2) is 13.7. The summed E-state index contributed by atoms with van der Waals surface area (Å²) in [6.45, 7) is 4.78. The Labute approximate surface area is 361 Å². The molecule has 12 rings (SSSR count). The van der Waals surface area contributed by atoms with Crippen molar-refractivity contribution in [1.29, 1.82) is 0 Å². The normalized spacial score (nSPS) is 14.0. The van der Waals surface area contributed by atoms with Gasteiger partial charge in [0, 0.05) is 49.3 Å². The minimum atomic E-state index is -0.441. The fourth-order valence-corrected chi connectivity index (χ4v) is 11.9. The molecule has 0 fully saturated rings. The zero-order chi connectivity index (χ0) is 40.7. The highest BCUT2D eigenvalue weighted by molar-refractivity contribution is 7.26. The Kier molecular flexibility index (Phi) is 8.01. The van der Waals surface area contributed by atoms with Crippen LogP contribution >= 0.6 is 11.3 Å². The molecule has 2 nitrogen and oxygen atoms in total. The average Bonchev–Trinajstić information content (AvgIpc) is 3.84. The molecule has 0 radical (unpaired) electrons. The van der Waals surface area contributed by atoms with E-state index in [4.69, 9.17) is 0 Å². The molecule has 0 atom stereocenters. The number of fused-ring (bicyclic) bond motifs is 12. The first-order chi connectivity index (χ1) is 30.0. The molecule has 1 heterocycles. The van der Waals surface area contributed by atoms with E-state index in [-0.39, 0.29) is 5.41 Å². The summed E-state index contributed by atoms with van der Waals surface area (Å²) in [5, 5.41) is 2.57. The number of nitrogens with zero attached hydrogens (tertiary/aromatic N) is 2. The van der Waals surface area contributed by atoms with Crippen molar-refractivity contribution < 1.29 is 0 Å². The molecule has 0 amide bonds. The van der Waals surface area contributed by atoms with Crippen molar-refractivity contribution in [3.63, 3.8) is 0 Å². The molecule has 0 unspecified atom stereocenters. The molecule has 1 aromatic heterocycles. The van der Waals surface area contributed by atoms with E-state index in [0.717, 1.165) is 28.4 Å². The number of hydrogen-bond acceptors (Lipinski definition) is 3. The third-order valence-corrected chi connectivity index (χ3v) is 14.5. The highest BCUT2D eigenvalue weighted by atomic mass is 32.1. The Balaban J connectivity index is 1.09. The molecule has 10 aromatic rings. The monoisotopic (exact) mass is 798 g/mol. The van der Waals surface area contributed by atoms with Crippen LogP contribution in [-0.2, 0) is 10.8 Å². The first-order valence-corrected chi connectivity index (χ1v) is 22.0. The van der Waals surface area contributed by atoms with Crippen molar-refractivity contribution in [2.24, 2.45) is 0 Å². The van der Waals surface area contributed by atoms with Gasteiger partial charge in [0.25, 0.3) is 0 Å². The van der Waals surface area contributed by atoms with Gasteiger partial charge in [-0.1, -0.05) is 159 Å². The number of benzene rings is 9. The Morgan fingerprint density at radius 1 is 0.344 bits per heavy atom. The predicted molar refractivity (Wildman–Crippen MR) is 258 cm³/mol. The van der Waals surface area contributed by atoms with Crippen molar-refractivity contribution in [1.82, 2.24) is 0 Å². The van der Waals surface area contributed by atoms with Crippen LogP contribution in [0.5, 0.6) is 0 Å². The highest BCUT2D eigenvalue weighted by Crippen LogP contribution is 2.62. The van der Waals surface area contributed by atoms with Crippen LogP contribution in [0.3, 0.4) is 0 Å². The van der Waals surface area contributed by atoms with Gasteiger partial charge in [0.1, 0.15) is 0 Å². The standard InChI is InChI=1S/C58H42N2S/c1-57(2)50-26-12-14-28-52(50)58(53-29-15-13-27-51(53)57)48-25-11-9-22-44(48)47-38-43(36-37-49(47)58)60(54-30-17-24-46-45-23-10-16-31-55(45)61-56(46)54)42-34-32-41(33-35-42)59(39-18-5-3-6-19-39)40-20-7-4-8-21-40/h3-38H,1-2H3. The van der Waals surface area contributed by atoms with Gasteiger partial charge < -0.3 is 9.80 Å². The molecule has 0 saturated carbocycles. The van der Waals surface area contributed by atoms with Crippen molar-refractivity contribution >= 4 is 65.6 Å². The lowest BCUT2D eigenvalue weighted by atomic mass is 9.55. The second-order valence-corrected chi connectivity index (χ2v) is 17.9.